The van der Waals surface area contributed by atoms with E-state index >= 15 is 19.2 Å². The number of alkyl carbamates (subject to hydrolysis) is 5. The first kappa shape index (κ1) is 111. The Bertz CT molecular complexity index is 3850. The number of aliphatic hydroxyl groups excluding tert-OH is 2. The van der Waals surface area contributed by atoms with Crippen molar-refractivity contribution in [2.75, 3.05) is 52.4 Å². The van der Waals surface area contributed by atoms with Gasteiger partial charge in [0.05, 0.1) is 30.6 Å². The SMILES string of the molecule is CCC(C)(C)C(=O)OCCC(=O)N[C@@H](CCNC(=O)CNC(=O)OC(C)(C)C)C(=O)N[C@H](C(=O)N[C@@H](CCNC(=O)OC(C)(C)C)C(=O)N[C@H]1CCNC(=O)[C@H]([C@H](C)O)NC(=O)[C@H](CCNC(=O)OC(C)(C)C)NC(=O)[C@H](CCNC(=O)OC(C)(C)C)NC(=O)[C@H](CC(C)C)NC(=O)[C@@H](Cc2ccccc2)NC(=O)[C@H](CCNC(=O)OC(C)(C)C)NC1=O)C(C)O. The first-order valence-corrected chi connectivity index (χ1v) is 42.2. The van der Waals surface area contributed by atoms with E-state index in [-0.39, 0.29) is 25.9 Å². The Labute approximate surface area is 736 Å². The molecule has 0 bridgehead atoms. The number of benzene rings is 1. The van der Waals surface area contributed by atoms with Gasteiger partial charge in [-0.2, -0.15) is 0 Å². The van der Waals surface area contributed by atoms with Crippen LogP contribution in [0, 0.1) is 11.3 Å². The van der Waals surface area contributed by atoms with Gasteiger partial charge in [0.2, 0.25) is 70.9 Å². The fourth-order valence-corrected chi connectivity index (χ4v) is 11.3. The molecule has 1 aliphatic heterocycles. The molecule has 1 aromatic rings. The number of nitrogens with one attached hydrogen (secondary N) is 17. The fourth-order valence-electron chi connectivity index (χ4n) is 11.3. The number of rotatable bonds is 35. The Morgan fingerprint density at radius 1 is 0.444 bits per heavy atom. The van der Waals surface area contributed by atoms with Crippen molar-refractivity contribution in [2.24, 2.45) is 11.3 Å². The Morgan fingerprint density at radius 2 is 0.841 bits per heavy atom. The van der Waals surface area contributed by atoms with Gasteiger partial charge in [0.25, 0.3) is 0 Å². The van der Waals surface area contributed by atoms with Crippen LogP contribution in [-0.4, -0.2) is 271 Å². The maximum atomic E-state index is 15.4. The molecule has 1 unspecified atom stereocenters. The molecule has 0 saturated carbocycles. The van der Waals surface area contributed by atoms with Gasteiger partial charge < -0.3 is 129 Å². The maximum Gasteiger partial charge on any atom is 0.408 e. The Balaban J connectivity index is 3.11. The van der Waals surface area contributed by atoms with E-state index in [1.807, 2.05) is 0 Å². The average Bonchev–Trinajstić information content (AvgIpc) is 1.01. The van der Waals surface area contributed by atoms with Crippen molar-refractivity contribution in [3.63, 3.8) is 0 Å². The van der Waals surface area contributed by atoms with Crippen LogP contribution in [0.15, 0.2) is 30.3 Å². The highest BCUT2D eigenvalue weighted by Crippen LogP contribution is 2.22. The monoisotopic (exact) mass is 1790 g/mol. The molecule has 0 radical (unpaired) electrons. The van der Waals surface area contributed by atoms with Crippen molar-refractivity contribution < 1.29 is 125 Å². The maximum absolute atomic E-state index is 15.4. The minimum Gasteiger partial charge on any atom is -0.465 e. The molecule has 712 valence electrons. The third kappa shape index (κ3) is 46.5. The summed E-state index contributed by atoms with van der Waals surface area (Å²) < 4.78 is 32.1. The number of esters is 1. The van der Waals surface area contributed by atoms with Crippen LogP contribution in [0.25, 0.3) is 0 Å². The van der Waals surface area contributed by atoms with Gasteiger partial charge in [0, 0.05) is 45.7 Å². The molecular formula is C83H139N17O26. The Kier molecular flexibility index (Phi) is 45.6. The van der Waals surface area contributed by atoms with Crippen LogP contribution in [0.2, 0.25) is 0 Å². The lowest BCUT2D eigenvalue weighted by atomic mass is 9.91. The number of hydrogen-bond donors (Lipinski definition) is 19. The van der Waals surface area contributed by atoms with Gasteiger partial charge in [-0.3, -0.25) is 62.3 Å². The molecular weight excluding hydrogens is 1650 g/mol. The summed E-state index contributed by atoms with van der Waals surface area (Å²) in [5.41, 5.74) is -5.53. The molecule has 12 atom stereocenters. The van der Waals surface area contributed by atoms with Crippen molar-refractivity contribution in [1.82, 2.24) is 90.4 Å². The minimum atomic E-state index is -2.06. The van der Waals surface area contributed by atoms with Crippen molar-refractivity contribution in [3.05, 3.63) is 35.9 Å². The smallest absolute Gasteiger partial charge is 0.408 e. The second-order valence-corrected chi connectivity index (χ2v) is 36.4. The van der Waals surface area contributed by atoms with E-state index in [0.717, 1.165) is 13.8 Å². The summed E-state index contributed by atoms with van der Waals surface area (Å²) in [5.74, 6) is -14.3. The number of carbonyl (C=O) groups is 18. The van der Waals surface area contributed by atoms with Crippen molar-refractivity contribution in [2.45, 2.75) is 317 Å². The topological polar surface area (TPSA) is 608 Å². The number of ether oxygens (including phenoxy) is 6. The zero-order valence-corrected chi connectivity index (χ0v) is 76.8. The molecule has 43 nitrogen and oxygen atoms in total. The van der Waals surface area contributed by atoms with Crippen LogP contribution >= 0.6 is 0 Å². The fraction of sp³-hybridized carbons (Fsp3) is 0.711. The minimum absolute atomic E-state index is 0.143. The van der Waals surface area contributed by atoms with E-state index < -0.39 is 304 Å². The van der Waals surface area contributed by atoms with E-state index in [1.54, 1.807) is 169 Å². The molecule has 1 aliphatic rings. The third-order valence-electron chi connectivity index (χ3n) is 17.9. The lowest BCUT2D eigenvalue weighted by Crippen LogP contribution is -2.62. The van der Waals surface area contributed by atoms with Gasteiger partial charge in [0.1, 0.15) is 95.0 Å². The van der Waals surface area contributed by atoms with Gasteiger partial charge in [0.15, 0.2) is 0 Å². The highest BCUT2D eigenvalue weighted by atomic mass is 16.6. The first-order valence-electron chi connectivity index (χ1n) is 42.2. The summed E-state index contributed by atoms with van der Waals surface area (Å²) in [4.78, 5) is 254. The lowest BCUT2D eigenvalue weighted by molar-refractivity contribution is -0.154. The van der Waals surface area contributed by atoms with Crippen LogP contribution in [-0.2, 0) is 97.2 Å². The number of amides is 17. The molecule has 0 aliphatic carbocycles. The van der Waals surface area contributed by atoms with Gasteiger partial charge in [-0.15, -0.1) is 0 Å². The van der Waals surface area contributed by atoms with E-state index in [4.69, 9.17) is 28.4 Å². The summed E-state index contributed by atoms with van der Waals surface area (Å²) in [6.07, 6.45) is -12.2. The van der Waals surface area contributed by atoms with Crippen LogP contribution in [0.4, 0.5) is 24.0 Å². The van der Waals surface area contributed by atoms with E-state index in [1.165, 1.54) is 0 Å². The van der Waals surface area contributed by atoms with Crippen molar-refractivity contribution >= 4 is 107 Å². The summed E-state index contributed by atoms with van der Waals surface area (Å²) in [5, 5.41) is 65.0. The van der Waals surface area contributed by atoms with Crippen molar-refractivity contribution in [3.8, 4) is 0 Å². The van der Waals surface area contributed by atoms with Crippen LogP contribution < -0.4 is 90.4 Å². The van der Waals surface area contributed by atoms with Gasteiger partial charge in [-0.25, -0.2) is 24.0 Å². The van der Waals surface area contributed by atoms with Crippen LogP contribution in [0.3, 0.4) is 0 Å². The first-order chi connectivity index (χ1) is 58.2. The van der Waals surface area contributed by atoms with Crippen LogP contribution in [0.1, 0.15) is 216 Å². The van der Waals surface area contributed by atoms with E-state index in [0.29, 0.717) is 12.0 Å². The summed E-state index contributed by atoms with van der Waals surface area (Å²) in [6.45, 7) is 30.4. The van der Waals surface area contributed by atoms with E-state index in [2.05, 4.69) is 90.4 Å². The lowest BCUT2D eigenvalue weighted by Gasteiger charge is -2.29. The summed E-state index contributed by atoms with van der Waals surface area (Å²) in [7, 11) is 0. The molecule has 1 saturated heterocycles. The highest BCUT2D eigenvalue weighted by Gasteiger charge is 2.40. The highest BCUT2D eigenvalue weighted by molar-refractivity contribution is 6.00. The van der Waals surface area contributed by atoms with E-state index in [9.17, 15) is 77.3 Å². The zero-order chi connectivity index (χ0) is 96.0. The number of hydrogen-bond acceptors (Lipinski definition) is 26. The average molecular weight is 1790 g/mol. The van der Waals surface area contributed by atoms with Gasteiger partial charge >= 0.3 is 36.4 Å². The molecule has 43 heteroatoms. The predicted molar refractivity (Wildman–Crippen MR) is 457 cm³/mol. The second kappa shape index (κ2) is 51.9. The second-order valence-electron chi connectivity index (χ2n) is 36.4. The van der Waals surface area contributed by atoms with Crippen molar-refractivity contribution in [1.29, 1.82) is 0 Å². The molecule has 2 rings (SSSR count). The molecule has 19 N–H and O–H groups in total. The number of aliphatic hydroxyl groups is 2. The molecule has 0 spiro atoms. The Morgan fingerprint density at radius 3 is 1.28 bits per heavy atom. The quantitative estimate of drug-likeness (QED) is 0.0324. The standard InChI is InChI=1S/C83H139N17O26/c1-23-83(21,22)72(115)121-42-35-58(103)91-50(29-36-84-59(104)45-90-77(120)126-82(18,19)20)66(109)100-61(48(5)102)71(114)96-54(33-40-88-75(118)124-80(12,13)14)64(107)92-51-30-37-85-70(113)60(47(4)101)99-67(110)55(34-41-89-76(119)125-81(15,16)17)94-63(106)52(31-38-86-73(116)122-78(6,7)8)95-68(111)56(43-46(2)3)97-69(112)57(44-49-27-25-24-26-28-49)98-65(108)53(93-62(51)105)32-39-87-74(117)123-79(9,10)11/h24-28,46-48,50-57,60-61,101-102H,23,29-45H2,1-22H3,(H,84,104)(H,85,113)(H,86,116)(H,87,117)(H,88,118)(H,89,119)(H,90,120)(H,91,103)(H,92,107)(H,93,105)(H,94,106)(H,95,111)(H,96,114)(H,97,112)(H,98,108)(H,99,110)(H,100,109)/t47-,48?,50-,51-,52-,53-,54-,55-,56-,57+,60-,61-/m0/s1. The summed E-state index contributed by atoms with van der Waals surface area (Å²) >= 11 is 0. The Hall–Kier alpha value is -11.4. The summed E-state index contributed by atoms with van der Waals surface area (Å²) in [6, 6.07) is -9.97. The number of carbonyl (C=O) groups excluding carboxylic acids is 18. The normalized spacial score (nSPS) is 19.3. The third-order valence-corrected chi connectivity index (χ3v) is 17.9. The molecule has 17 amide bonds. The molecule has 126 heavy (non-hydrogen) atoms. The molecule has 0 aromatic heterocycles. The molecule has 1 aromatic carbocycles. The van der Waals surface area contributed by atoms with Gasteiger partial charge in [-0.1, -0.05) is 51.1 Å². The predicted octanol–water partition coefficient (Wildman–Crippen LogP) is 0.464. The van der Waals surface area contributed by atoms with Crippen LogP contribution in [0.5, 0.6) is 0 Å². The zero-order valence-electron chi connectivity index (χ0n) is 76.8. The van der Waals surface area contributed by atoms with Gasteiger partial charge in [-0.05, 0) is 194 Å². The molecule has 1 heterocycles. The molecule has 1 fully saturated rings. The largest absolute Gasteiger partial charge is 0.465 e.